The van der Waals surface area contributed by atoms with Crippen LogP contribution in [-0.2, 0) is 6.54 Å². The van der Waals surface area contributed by atoms with Gasteiger partial charge in [-0.15, -0.1) is 0 Å². The van der Waals surface area contributed by atoms with E-state index in [9.17, 15) is 4.79 Å². The molecule has 0 fully saturated rings. The van der Waals surface area contributed by atoms with Gasteiger partial charge < -0.3 is 9.47 Å². The second kappa shape index (κ2) is 8.01. The lowest BCUT2D eigenvalue weighted by Gasteiger charge is -2.18. The second-order valence-corrected chi connectivity index (χ2v) is 7.62. The van der Waals surface area contributed by atoms with Gasteiger partial charge in [-0.25, -0.2) is 4.98 Å². The van der Waals surface area contributed by atoms with E-state index in [4.69, 9.17) is 16.6 Å². The number of carbonyl (C=O) groups is 1. The molecule has 0 spiro atoms. The average Bonchev–Trinajstić information content (AvgIpc) is 3.21. The number of halogens is 1. The van der Waals surface area contributed by atoms with E-state index in [0.717, 1.165) is 48.7 Å². The molecule has 4 rings (SSSR count). The second-order valence-electron chi connectivity index (χ2n) is 7.19. The number of likely N-dealkylation sites (N-methyl/N-ethyl adjacent to an activating group) is 1. The van der Waals surface area contributed by atoms with Crippen molar-refractivity contribution in [2.45, 2.75) is 27.3 Å². The number of hydrogen-bond acceptors (Lipinski definition) is 3. The summed E-state index contributed by atoms with van der Waals surface area (Å²) in [7, 11) is 0. The highest BCUT2D eigenvalue weighted by Crippen LogP contribution is 2.26. The number of imidazole rings is 2. The first-order chi connectivity index (χ1) is 14.0. The smallest absolute Gasteiger partial charge is 0.215 e. The van der Waals surface area contributed by atoms with E-state index in [1.54, 1.807) is 24.3 Å². The van der Waals surface area contributed by atoms with Gasteiger partial charge in [-0.2, -0.15) is 0 Å². The van der Waals surface area contributed by atoms with Gasteiger partial charge in [0.1, 0.15) is 5.69 Å². The number of fused-ring (bicyclic) bond motifs is 3. The quantitative estimate of drug-likeness (QED) is 0.411. The molecule has 0 aliphatic carbocycles. The lowest BCUT2D eigenvalue weighted by molar-refractivity contribution is 0.103. The number of nitrogens with zero attached hydrogens (tertiary/aromatic N) is 4. The Morgan fingerprint density at radius 3 is 2.48 bits per heavy atom. The molecule has 2 heterocycles. The average molecular weight is 409 g/mol. The molecule has 0 aliphatic rings. The van der Waals surface area contributed by atoms with Crippen LogP contribution in [0.4, 0.5) is 0 Å². The number of carbonyl (C=O) groups excluding carboxylic acids is 1. The molecule has 5 nitrogen and oxygen atoms in total. The minimum Gasteiger partial charge on any atom is -0.308 e. The first-order valence-corrected chi connectivity index (χ1v) is 10.4. The highest BCUT2D eigenvalue weighted by Gasteiger charge is 2.23. The van der Waals surface area contributed by atoms with Crippen molar-refractivity contribution in [3.8, 4) is 0 Å². The summed E-state index contributed by atoms with van der Waals surface area (Å²) in [5.74, 6) is 0.741. The first kappa shape index (κ1) is 19.7. The Hall–Kier alpha value is -2.63. The Bertz CT molecular complexity index is 1190. The van der Waals surface area contributed by atoms with Crippen molar-refractivity contribution in [2.75, 3.05) is 19.6 Å². The molecular formula is C23H25ClN4O. The summed E-state index contributed by atoms with van der Waals surface area (Å²) < 4.78 is 4.21. The third-order valence-corrected chi connectivity index (χ3v) is 5.76. The van der Waals surface area contributed by atoms with Gasteiger partial charge >= 0.3 is 0 Å². The maximum Gasteiger partial charge on any atom is 0.215 e. The van der Waals surface area contributed by atoms with E-state index in [2.05, 4.69) is 29.4 Å². The number of aromatic nitrogens is 3. The molecule has 0 saturated heterocycles. The largest absolute Gasteiger partial charge is 0.308 e. The van der Waals surface area contributed by atoms with Gasteiger partial charge in [0.05, 0.1) is 16.7 Å². The Morgan fingerprint density at radius 1 is 1.07 bits per heavy atom. The van der Waals surface area contributed by atoms with Crippen LogP contribution in [0, 0.1) is 6.92 Å². The zero-order chi connectivity index (χ0) is 20.5. The van der Waals surface area contributed by atoms with E-state index in [-0.39, 0.29) is 5.78 Å². The van der Waals surface area contributed by atoms with Gasteiger partial charge in [0, 0.05) is 23.7 Å². The number of para-hydroxylation sites is 2. The van der Waals surface area contributed by atoms with Crippen LogP contribution in [0.5, 0.6) is 0 Å². The maximum absolute atomic E-state index is 13.4. The van der Waals surface area contributed by atoms with E-state index in [0.29, 0.717) is 16.3 Å². The summed E-state index contributed by atoms with van der Waals surface area (Å²) in [6.45, 7) is 10.0. The van der Waals surface area contributed by atoms with Gasteiger partial charge in [-0.1, -0.05) is 49.7 Å². The fourth-order valence-corrected chi connectivity index (χ4v) is 4.14. The van der Waals surface area contributed by atoms with Gasteiger partial charge in [-0.05, 0) is 44.3 Å². The third-order valence-electron chi connectivity index (χ3n) is 5.53. The monoisotopic (exact) mass is 408 g/mol. The lowest BCUT2D eigenvalue weighted by atomic mass is 10.1. The van der Waals surface area contributed by atoms with Gasteiger partial charge in [0.2, 0.25) is 11.6 Å². The summed E-state index contributed by atoms with van der Waals surface area (Å²) >= 11 is 6.12. The Labute approximate surface area is 175 Å². The Morgan fingerprint density at radius 2 is 1.79 bits per heavy atom. The predicted octanol–water partition coefficient (Wildman–Crippen LogP) is 4.82. The summed E-state index contributed by atoms with van der Waals surface area (Å²) in [6.07, 6.45) is 0. The maximum atomic E-state index is 13.4. The van der Waals surface area contributed by atoms with Crippen LogP contribution < -0.4 is 0 Å². The van der Waals surface area contributed by atoms with Crippen molar-refractivity contribution in [1.82, 2.24) is 18.9 Å². The summed E-state index contributed by atoms with van der Waals surface area (Å²) in [4.78, 5) is 20.6. The molecule has 0 saturated carbocycles. The van der Waals surface area contributed by atoms with Crippen LogP contribution in [-0.4, -0.2) is 44.3 Å². The van der Waals surface area contributed by atoms with E-state index >= 15 is 0 Å². The molecule has 0 aliphatic heterocycles. The SMILES string of the molecule is CCN(CC)CCn1c2ccccc2n2c(C(=O)c3cccc(Cl)c3)c(C)nc12. The zero-order valence-electron chi connectivity index (χ0n) is 17.0. The summed E-state index contributed by atoms with van der Waals surface area (Å²) in [5.41, 5.74) is 3.98. The molecule has 0 amide bonds. The van der Waals surface area contributed by atoms with Crippen molar-refractivity contribution in [3.63, 3.8) is 0 Å². The van der Waals surface area contributed by atoms with Crippen molar-refractivity contribution >= 4 is 34.2 Å². The van der Waals surface area contributed by atoms with Gasteiger partial charge in [0.15, 0.2) is 0 Å². The highest BCUT2D eigenvalue weighted by molar-refractivity contribution is 6.31. The molecule has 0 atom stereocenters. The molecule has 29 heavy (non-hydrogen) atoms. The van der Waals surface area contributed by atoms with Crippen LogP contribution in [0.3, 0.4) is 0 Å². The Kier molecular flexibility index (Phi) is 5.43. The molecule has 0 bridgehead atoms. The zero-order valence-corrected chi connectivity index (χ0v) is 17.8. The molecule has 150 valence electrons. The normalized spacial score (nSPS) is 11.8. The van der Waals surface area contributed by atoms with Crippen molar-refractivity contribution in [2.24, 2.45) is 0 Å². The van der Waals surface area contributed by atoms with Gasteiger partial charge in [0.25, 0.3) is 0 Å². The number of rotatable bonds is 7. The van der Waals surface area contributed by atoms with E-state index < -0.39 is 0 Å². The molecule has 0 radical (unpaired) electrons. The predicted molar refractivity (Wildman–Crippen MR) is 118 cm³/mol. The molecule has 2 aromatic heterocycles. The summed E-state index contributed by atoms with van der Waals surface area (Å²) in [5, 5.41) is 0.552. The number of aryl methyl sites for hydroxylation is 1. The minimum absolute atomic E-state index is 0.0656. The first-order valence-electron chi connectivity index (χ1n) is 10.0. The molecule has 2 aromatic carbocycles. The fraction of sp³-hybridized carbons (Fsp3) is 0.304. The topological polar surface area (TPSA) is 42.5 Å². The van der Waals surface area contributed by atoms with Gasteiger partial charge in [-0.3, -0.25) is 9.20 Å². The third kappa shape index (κ3) is 3.45. The number of benzene rings is 2. The molecule has 0 N–H and O–H groups in total. The number of hydrogen-bond donors (Lipinski definition) is 0. The van der Waals surface area contributed by atoms with Crippen molar-refractivity contribution in [3.05, 3.63) is 70.5 Å². The van der Waals surface area contributed by atoms with E-state index in [1.807, 2.05) is 29.5 Å². The Balaban J connectivity index is 1.88. The fourth-order valence-electron chi connectivity index (χ4n) is 3.95. The molecule has 0 unspecified atom stereocenters. The molecule has 4 aromatic rings. The lowest BCUT2D eigenvalue weighted by Crippen LogP contribution is -2.27. The molecule has 6 heteroatoms. The van der Waals surface area contributed by atoms with Crippen LogP contribution in [0.15, 0.2) is 48.5 Å². The van der Waals surface area contributed by atoms with Crippen LogP contribution in [0.2, 0.25) is 5.02 Å². The minimum atomic E-state index is -0.0656. The summed E-state index contributed by atoms with van der Waals surface area (Å²) in [6, 6.07) is 15.3. The van der Waals surface area contributed by atoms with E-state index in [1.165, 1.54) is 0 Å². The van der Waals surface area contributed by atoms with Crippen molar-refractivity contribution < 1.29 is 4.79 Å². The van der Waals surface area contributed by atoms with Crippen LogP contribution in [0.1, 0.15) is 35.6 Å². The highest BCUT2D eigenvalue weighted by atomic mass is 35.5. The molecular weight excluding hydrogens is 384 g/mol. The standard InChI is InChI=1S/C23H25ClN4O/c1-4-26(5-2)13-14-27-19-11-6-7-12-20(19)28-21(16(3)25-23(27)28)22(29)17-9-8-10-18(24)15-17/h6-12,15H,4-5,13-14H2,1-3H3. The van der Waals surface area contributed by atoms with Crippen LogP contribution >= 0.6 is 11.6 Å². The van der Waals surface area contributed by atoms with Crippen LogP contribution in [0.25, 0.3) is 16.8 Å². The number of ketones is 1. The van der Waals surface area contributed by atoms with Crippen molar-refractivity contribution in [1.29, 1.82) is 0 Å².